The molecular weight excluding hydrogens is 717 g/mol. The maximum atomic E-state index is 10.1. The molecule has 0 atom stereocenters. The van der Waals surface area contributed by atoms with Crippen molar-refractivity contribution >= 4 is 34.8 Å². The first kappa shape index (κ1) is 28.8. The van der Waals surface area contributed by atoms with Crippen LogP contribution in [0.2, 0.25) is 0 Å². The van der Waals surface area contributed by atoms with Crippen molar-refractivity contribution in [3.05, 3.63) is 158 Å². The molecular formula is C35H25IrN2O3Si-. The van der Waals surface area contributed by atoms with E-state index >= 15 is 0 Å². The van der Waals surface area contributed by atoms with Crippen molar-refractivity contribution in [2.24, 2.45) is 0 Å². The molecule has 1 radical (unpaired) electrons. The Morgan fingerprint density at radius 1 is 0.667 bits per heavy atom. The normalized spacial score (nSPS) is 12.2. The van der Waals surface area contributed by atoms with Crippen molar-refractivity contribution in [2.45, 2.75) is 0 Å². The molecule has 0 saturated heterocycles. The number of rotatable bonds is 4. The molecule has 0 fully saturated rings. The van der Waals surface area contributed by atoms with Crippen molar-refractivity contribution in [1.29, 1.82) is 0 Å². The standard InChI is InChI=1S/C29H20NOSi.C6H5NO2.Ir/c1-3-12-22(13-4-1)32(23-14-5-2-6-15-23)27-19-8-7-18-26(27)31-29-24(16-11-20-28(29)32)25-17-9-10-21-30-25;8-6(9)5-3-1-2-4-7-5;/h1-15,17-21H;1-4H,(H,8,9);/q-1;;. The van der Waals surface area contributed by atoms with Crippen LogP contribution in [-0.2, 0) is 20.1 Å². The molecule has 0 amide bonds. The minimum atomic E-state index is -2.61. The molecule has 6 aromatic rings. The van der Waals surface area contributed by atoms with E-state index < -0.39 is 14.0 Å². The molecule has 207 valence electrons. The Bertz CT molecular complexity index is 1750. The number of nitrogens with zero attached hydrogens (tertiary/aromatic N) is 2. The zero-order chi connectivity index (χ0) is 28.1. The maximum absolute atomic E-state index is 10.1. The van der Waals surface area contributed by atoms with Gasteiger partial charge in [0.2, 0.25) is 0 Å². The first-order valence-electron chi connectivity index (χ1n) is 13.2. The fourth-order valence-electron chi connectivity index (χ4n) is 5.36. The number of hydrogen-bond donors (Lipinski definition) is 1. The second-order valence-electron chi connectivity index (χ2n) is 9.41. The third-order valence-electron chi connectivity index (χ3n) is 7.08. The Labute approximate surface area is 258 Å². The third kappa shape index (κ3) is 5.33. The number of para-hydroxylation sites is 1. The Morgan fingerprint density at radius 3 is 1.83 bits per heavy atom. The fourth-order valence-corrected chi connectivity index (χ4v) is 10.3. The summed E-state index contributed by atoms with van der Waals surface area (Å²) in [4.78, 5) is 18.3. The monoisotopic (exact) mass is 742 g/mol. The van der Waals surface area contributed by atoms with E-state index in [9.17, 15) is 4.79 Å². The average Bonchev–Trinajstić information content (AvgIpc) is 3.05. The fraction of sp³-hybridized carbons (Fsp3) is 0. The van der Waals surface area contributed by atoms with Crippen LogP contribution in [0.4, 0.5) is 0 Å². The van der Waals surface area contributed by atoms with Gasteiger partial charge in [0.15, 0.2) is 8.07 Å². The van der Waals surface area contributed by atoms with E-state index in [-0.39, 0.29) is 25.8 Å². The Balaban J connectivity index is 0.000000305. The summed E-state index contributed by atoms with van der Waals surface area (Å²) in [7, 11) is -2.61. The topological polar surface area (TPSA) is 72.3 Å². The summed E-state index contributed by atoms with van der Waals surface area (Å²) in [5.41, 5.74) is 1.85. The number of carboxylic acids is 1. The molecule has 7 rings (SSSR count). The molecule has 2 aromatic heterocycles. The Hall–Kier alpha value is -4.68. The summed E-state index contributed by atoms with van der Waals surface area (Å²) in [6, 6.07) is 48.6. The van der Waals surface area contributed by atoms with Gasteiger partial charge in [0.05, 0.1) is 0 Å². The molecule has 3 heterocycles. The van der Waals surface area contributed by atoms with Gasteiger partial charge in [0.1, 0.15) is 11.4 Å². The van der Waals surface area contributed by atoms with Gasteiger partial charge in [-0.2, -0.15) is 0 Å². The molecule has 0 bridgehead atoms. The molecule has 0 aliphatic carbocycles. The van der Waals surface area contributed by atoms with E-state index in [0.29, 0.717) is 0 Å². The largest absolute Gasteiger partial charge is 0.502 e. The number of hydrogen-bond acceptors (Lipinski definition) is 4. The van der Waals surface area contributed by atoms with Crippen LogP contribution in [0, 0.1) is 6.07 Å². The van der Waals surface area contributed by atoms with Crippen LogP contribution in [0.25, 0.3) is 11.3 Å². The number of carboxylic acid groups (broad SMARTS) is 1. The minimum absolute atomic E-state index is 0. The number of carbonyl (C=O) groups is 1. The molecule has 42 heavy (non-hydrogen) atoms. The SMILES string of the molecule is O=C(O)c1ccccn1.[Ir].[c-]1ccc2c(c1-c1ccccn1)Oc1ccccc1[Si]2(c1ccccc1)c1ccccc1. The van der Waals surface area contributed by atoms with Crippen LogP contribution < -0.4 is 25.5 Å². The summed E-state index contributed by atoms with van der Waals surface area (Å²) in [6.45, 7) is 0. The van der Waals surface area contributed by atoms with E-state index in [1.54, 1.807) is 12.1 Å². The van der Waals surface area contributed by atoms with Crippen LogP contribution in [-0.4, -0.2) is 29.1 Å². The first-order valence-corrected chi connectivity index (χ1v) is 15.2. The van der Waals surface area contributed by atoms with Gasteiger partial charge in [-0.05, 0) is 45.5 Å². The predicted octanol–water partition coefficient (Wildman–Crippen LogP) is 4.81. The van der Waals surface area contributed by atoms with Gasteiger partial charge in [-0.25, -0.2) is 9.78 Å². The number of fused-ring (bicyclic) bond motifs is 2. The number of benzene rings is 4. The zero-order valence-electron chi connectivity index (χ0n) is 22.3. The van der Waals surface area contributed by atoms with Gasteiger partial charge >= 0.3 is 5.97 Å². The first-order chi connectivity index (χ1) is 20.2. The molecule has 1 aliphatic rings. The summed E-state index contributed by atoms with van der Waals surface area (Å²) in [5.74, 6) is 0.788. The number of ether oxygens (including phenoxy) is 1. The summed E-state index contributed by atoms with van der Waals surface area (Å²) in [5, 5.41) is 13.5. The van der Waals surface area contributed by atoms with E-state index in [1.807, 2.05) is 36.5 Å². The summed E-state index contributed by atoms with van der Waals surface area (Å²) >= 11 is 0. The van der Waals surface area contributed by atoms with E-state index in [4.69, 9.17) is 9.84 Å². The van der Waals surface area contributed by atoms with Crippen molar-refractivity contribution < 1.29 is 34.7 Å². The maximum Gasteiger partial charge on any atom is 0.354 e. The van der Waals surface area contributed by atoms with Crippen LogP contribution in [0.15, 0.2) is 146 Å². The van der Waals surface area contributed by atoms with Gasteiger partial charge in [-0.15, -0.1) is 18.2 Å². The Kier molecular flexibility index (Phi) is 8.84. The molecule has 5 nitrogen and oxygen atoms in total. The molecule has 1 N–H and O–H groups in total. The molecule has 7 heteroatoms. The van der Waals surface area contributed by atoms with Gasteiger partial charge in [0, 0.05) is 38.2 Å². The van der Waals surface area contributed by atoms with Crippen molar-refractivity contribution in [3.8, 4) is 22.8 Å². The van der Waals surface area contributed by atoms with Crippen LogP contribution in [0.5, 0.6) is 11.5 Å². The van der Waals surface area contributed by atoms with E-state index in [2.05, 4.69) is 101 Å². The van der Waals surface area contributed by atoms with Gasteiger partial charge in [0.25, 0.3) is 0 Å². The second kappa shape index (κ2) is 12.9. The van der Waals surface area contributed by atoms with Gasteiger partial charge in [-0.3, -0.25) is 0 Å². The average molecular weight is 742 g/mol. The minimum Gasteiger partial charge on any atom is -0.502 e. The Morgan fingerprint density at radius 2 is 1.26 bits per heavy atom. The summed E-state index contributed by atoms with van der Waals surface area (Å²) in [6.07, 6.45) is 3.27. The molecule has 0 spiro atoms. The molecule has 4 aromatic carbocycles. The number of aromatic nitrogens is 2. The van der Waals surface area contributed by atoms with Crippen LogP contribution >= 0.6 is 0 Å². The third-order valence-corrected chi connectivity index (χ3v) is 11.9. The van der Waals surface area contributed by atoms with Crippen LogP contribution in [0.3, 0.4) is 0 Å². The molecule has 0 saturated carbocycles. The number of pyridine rings is 2. The summed E-state index contributed by atoms with van der Waals surface area (Å²) < 4.78 is 6.62. The quantitative estimate of drug-likeness (QED) is 0.207. The van der Waals surface area contributed by atoms with E-state index in [0.717, 1.165) is 22.8 Å². The molecule has 0 unspecified atom stereocenters. The van der Waals surface area contributed by atoms with Crippen molar-refractivity contribution in [2.75, 3.05) is 0 Å². The number of aromatic carboxylic acids is 1. The predicted molar refractivity (Wildman–Crippen MR) is 163 cm³/mol. The molecule has 1 aliphatic heterocycles. The van der Waals surface area contributed by atoms with Gasteiger partial charge < -0.3 is 14.8 Å². The second-order valence-corrected chi connectivity index (χ2v) is 13.1. The van der Waals surface area contributed by atoms with Crippen molar-refractivity contribution in [1.82, 2.24) is 9.97 Å². The van der Waals surface area contributed by atoms with E-state index in [1.165, 1.54) is 33.0 Å². The van der Waals surface area contributed by atoms with Crippen molar-refractivity contribution in [3.63, 3.8) is 0 Å². The van der Waals surface area contributed by atoms with Gasteiger partial charge in [-0.1, -0.05) is 108 Å². The van der Waals surface area contributed by atoms with Crippen LogP contribution in [0.1, 0.15) is 10.5 Å². The zero-order valence-corrected chi connectivity index (χ0v) is 25.7. The smallest absolute Gasteiger partial charge is 0.354 e.